The molecule has 0 aromatic carbocycles. The predicted molar refractivity (Wildman–Crippen MR) is 69.3 cm³/mol. The number of nitriles is 1. The average Bonchev–Trinajstić information content (AvgIpc) is 2.32. The molecule has 0 aliphatic heterocycles. The molecular weight excluding hydrogens is 293 g/mol. The van der Waals surface area contributed by atoms with Gasteiger partial charge in [0.1, 0.15) is 11.0 Å². The van der Waals surface area contributed by atoms with Gasteiger partial charge in [-0.15, -0.1) is 0 Å². The van der Waals surface area contributed by atoms with E-state index < -0.39 is 12.0 Å². The average molecular weight is 307 g/mol. The van der Waals surface area contributed by atoms with Crippen LogP contribution in [-0.4, -0.2) is 23.1 Å². The highest BCUT2D eigenvalue weighted by Gasteiger charge is 2.35. The number of rotatable bonds is 5. The molecule has 0 bridgehead atoms. The Morgan fingerprint density at radius 2 is 2.05 bits per heavy atom. The summed E-state index contributed by atoms with van der Waals surface area (Å²) in [5.74, 6) is -0.983. The molecule has 0 saturated heterocycles. The third kappa shape index (κ3) is 4.85. The van der Waals surface area contributed by atoms with Gasteiger partial charge < -0.3 is 4.90 Å². The fraction of sp³-hybridized carbons (Fsp3) is 0.583. The molecule has 8 heteroatoms. The van der Waals surface area contributed by atoms with Crippen molar-refractivity contribution in [2.75, 3.05) is 18.0 Å². The third-order valence-corrected chi connectivity index (χ3v) is 2.53. The van der Waals surface area contributed by atoms with Crippen molar-refractivity contribution >= 4 is 17.4 Å². The van der Waals surface area contributed by atoms with Crippen LogP contribution < -0.4 is 4.90 Å². The molecule has 1 aromatic heterocycles. The summed E-state index contributed by atoms with van der Waals surface area (Å²) in [7, 11) is 0. The van der Waals surface area contributed by atoms with Gasteiger partial charge in [0.05, 0.1) is 12.5 Å². The van der Waals surface area contributed by atoms with Crippen molar-refractivity contribution in [3.8, 4) is 6.07 Å². The zero-order valence-electron chi connectivity index (χ0n) is 11.1. The number of alkyl halides is 3. The highest BCUT2D eigenvalue weighted by atomic mass is 35.5. The normalized spacial score (nSPS) is 11.5. The first-order valence-corrected chi connectivity index (χ1v) is 6.35. The Balaban J connectivity index is 3.12. The fourth-order valence-corrected chi connectivity index (χ4v) is 1.80. The van der Waals surface area contributed by atoms with Gasteiger partial charge in [0.25, 0.3) is 0 Å². The van der Waals surface area contributed by atoms with Gasteiger partial charge in [0, 0.05) is 19.2 Å². The summed E-state index contributed by atoms with van der Waals surface area (Å²) < 4.78 is 38.0. The first kappa shape index (κ1) is 16.5. The summed E-state index contributed by atoms with van der Waals surface area (Å²) in [6.07, 6.45) is -4.46. The minimum atomic E-state index is -4.65. The van der Waals surface area contributed by atoms with E-state index in [0.717, 1.165) is 0 Å². The van der Waals surface area contributed by atoms with Gasteiger partial charge in [0.2, 0.25) is 5.82 Å². The third-order valence-electron chi connectivity index (χ3n) is 2.34. The minimum Gasteiger partial charge on any atom is -0.355 e. The molecule has 0 saturated carbocycles. The minimum absolute atomic E-state index is 0.0845. The molecule has 0 amide bonds. The van der Waals surface area contributed by atoms with Crippen molar-refractivity contribution in [3.63, 3.8) is 0 Å². The number of halogens is 4. The van der Waals surface area contributed by atoms with Crippen molar-refractivity contribution in [1.82, 2.24) is 9.97 Å². The summed E-state index contributed by atoms with van der Waals surface area (Å²) in [5, 5.41) is 8.35. The summed E-state index contributed by atoms with van der Waals surface area (Å²) in [4.78, 5) is 8.30. The van der Waals surface area contributed by atoms with Crippen LogP contribution in [0.2, 0.25) is 5.15 Å². The van der Waals surface area contributed by atoms with Crippen LogP contribution in [0.1, 0.15) is 26.1 Å². The molecule has 0 unspecified atom stereocenters. The molecule has 0 fully saturated rings. The predicted octanol–water partition coefficient (Wildman–Crippen LogP) is 3.52. The summed E-state index contributed by atoms with van der Waals surface area (Å²) >= 11 is 5.63. The summed E-state index contributed by atoms with van der Waals surface area (Å²) in [6.45, 7) is 4.62. The van der Waals surface area contributed by atoms with Crippen molar-refractivity contribution in [1.29, 1.82) is 5.26 Å². The molecule has 1 aromatic rings. The fourth-order valence-electron chi connectivity index (χ4n) is 1.62. The van der Waals surface area contributed by atoms with Crippen molar-refractivity contribution in [2.24, 2.45) is 5.92 Å². The second-order valence-corrected chi connectivity index (χ2v) is 5.01. The van der Waals surface area contributed by atoms with Crippen LogP contribution in [-0.2, 0) is 6.18 Å². The van der Waals surface area contributed by atoms with E-state index in [1.807, 2.05) is 19.9 Å². The van der Waals surface area contributed by atoms with E-state index in [1.54, 1.807) is 4.90 Å². The zero-order chi connectivity index (χ0) is 15.3. The molecule has 1 heterocycles. The Labute approximate surface area is 120 Å². The van der Waals surface area contributed by atoms with E-state index >= 15 is 0 Å². The maximum absolute atomic E-state index is 12.7. The van der Waals surface area contributed by atoms with Crippen molar-refractivity contribution in [2.45, 2.75) is 26.4 Å². The van der Waals surface area contributed by atoms with E-state index in [1.165, 1.54) is 6.07 Å². The molecule has 1 rings (SSSR count). The number of nitrogens with zero attached hydrogens (tertiary/aromatic N) is 4. The lowest BCUT2D eigenvalue weighted by Gasteiger charge is -2.25. The Hall–Kier alpha value is -1.55. The van der Waals surface area contributed by atoms with E-state index in [0.29, 0.717) is 13.1 Å². The second-order valence-electron chi connectivity index (χ2n) is 4.62. The van der Waals surface area contributed by atoms with Crippen LogP contribution in [0.3, 0.4) is 0 Å². The largest absolute Gasteiger partial charge is 0.451 e. The number of anilines is 1. The number of aromatic nitrogens is 2. The molecule has 0 aliphatic rings. The van der Waals surface area contributed by atoms with E-state index in [-0.39, 0.29) is 23.3 Å². The summed E-state index contributed by atoms with van der Waals surface area (Å²) in [5.41, 5.74) is 0. The second kappa shape index (κ2) is 6.75. The number of hydrogen-bond acceptors (Lipinski definition) is 4. The van der Waals surface area contributed by atoms with Gasteiger partial charge in [-0.3, -0.25) is 0 Å². The van der Waals surface area contributed by atoms with Gasteiger partial charge in [-0.1, -0.05) is 25.4 Å². The molecule has 0 spiro atoms. The Morgan fingerprint density at radius 1 is 1.40 bits per heavy atom. The molecule has 0 N–H and O–H groups in total. The summed E-state index contributed by atoms with van der Waals surface area (Å²) in [6, 6.07) is 3.23. The van der Waals surface area contributed by atoms with Crippen molar-refractivity contribution < 1.29 is 13.2 Å². The Kier molecular flexibility index (Phi) is 5.57. The van der Waals surface area contributed by atoms with Crippen LogP contribution in [0.5, 0.6) is 0 Å². The van der Waals surface area contributed by atoms with E-state index in [9.17, 15) is 13.2 Å². The lowest BCUT2D eigenvalue weighted by Crippen LogP contribution is -2.30. The highest BCUT2D eigenvalue weighted by Crippen LogP contribution is 2.29. The molecule has 4 nitrogen and oxygen atoms in total. The van der Waals surface area contributed by atoms with Crippen LogP contribution >= 0.6 is 11.6 Å². The monoisotopic (exact) mass is 306 g/mol. The maximum Gasteiger partial charge on any atom is 0.451 e. The van der Waals surface area contributed by atoms with Gasteiger partial charge in [-0.2, -0.15) is 18.4 Å². The number of hydrogen-bond donors (Lipinski definition) is 0. The maximum atomic E-state index is 12.7. The van der Waals surface area contributed by atoms with Gasteiger partial charge in [-0.25, -0.2) is 9.97 Å². The van der Waals surface area contributed by atoms with E-state index in [4.69, 9.17) is 16.9 Å². The van der Waals surface area contributed by atoms with Gasteiger partial charge >= 0.3 is 6.18 Å². The lowest BCUT2D eigenvalue weighted by atomic mass is 10.2. The first-order chi connectivity index (χ1) is 9.24. The molecular formula is C12H14ClF3N4. The van der Waals surface area contributed by atoms with Crippen LogP contribution in [0.15, 0.2) is 6.07 Å². The molecule has 0 aliphatic carbocycles. The SMILES string of the molecule is CC(C)CN(CCC#N)c1cc(Cl)nc(C(F)(F)F)n1. The standard InChI is InChI=1S/C12H14ClF3N4/c1-8(2)7-20(5-3-4-17)10-6-9(13)18-11(19-10)12(14,15)16/h6,8H,3,5,7H2,1-2H3. The smallest absolute Gasteiger partial charge is 0.355 e. The molecule has 0 radical (unpaired) electrons. The van der Waals surface area contributed by atoms with Crippen LogP contribution in [0.4, 0.5) is 19.0 Å². The Morgan fingerprint density at radius 3 is 2.55 bits per heavy atom. The Bertz CT molecular complexity index is 496. The van der Waals surface area contributed by atoms with Crippen molar-refractivity contribution in [3.05, 3.63) is 17.0 Å². The quantitative estimate of drug-likeness (QED) is 0.781. The molecule has 0 atom stereocenters. The highest BCUT2D eigenvalue weighted by molar-refractivity contribution is 6.29. The van der Waals surface area contributed by atoms with Gasteiger partial charge in [-0.05, 0) is 5.92 Å². The molecule has 110 valence electrons. The topological polar surface area (TPSA) is 52.8 Å². The van der Waals surface area contributed by atoms with Crippen LogP contribution in [0.25, 0.3) is 0 Å². The van der Waals surface area contributed by atoms with E-state index in [2.05, 4.69) is 9.97 Å². The first-order valence-electron chi connectivity index (χ1n) is 5.97. The zero-order valence-corrected chi connectivity index (χ0v) is 11.8. The lowest BCUT2D eigenvalue weighted by molar-refractivity contribution is -0.144. The molecule has 20 heavy (non-hydrogen) atoms. The van der Waals surface area contributed by atoms with Crippen LogP contribution in [0, 0.1) is 17.2 Å². The van der Waals surface area contributed by atoms with Gasteiger partial charge in [0.15, 0.2) is 0 Å².